The number of quaternary nitrogens is 1. The maximum absolute atomic E-state index is 12.7. The monoisotopic (exact) mass is 388 g/mol. The van der Waals surface area contributed by atoms with Crippen molar-refractivity contribution in [1.29, 1.82) is 0 Å². The van der Waals surface area contributed by atoms with Gasteiger partial charge in [-0.15, -0.1) is 0 Å². The van der Waals surface area contributed by atoms with E-state index in [0.717, 1.165) is 31.9 Å². The number of nitrogens with one attached hydrogen (secondary N) is 2. The van der Waals surface area contributed by atoms with Crippen molar-refractivity contribution < 1.29 is 14.4 Å². The first-order chi connectivity index (χ1) is 12.8. The van der Waals surface area contributed by atoms with Crippen molar-refractivity contribution in [2.75, 3.05) is 43.4 Å². The van der Waals surface area contributed by atoms with Crippen LogP contribution in [0.15, 0.2) is 48.5 Å². The maximum atomic E-state index is 12.7. The van der Waals surface area contributed by atoms with Crippen LogP contribution in [0.2, 0.25) is 5.02 Å². The topological polar surface area (TPSA) is 46.0 Å². The van der Waals surface area contributed by atoms with E-state index in [0.29, 0.717) is 10.8 Å². The number of likely N-dealkylation sites (N-methyl/N-ethyl adjacent to an activating group) is 1. The molecule has 0 radical (unpaired) electrons. The molecular formula is C21H27ClN3O2+. The van der Waals surface area contributed by atoms with Crippen molar-refractivity contribution in [3.8, 4) is 5.75 Å². The van der Waals surface area contributed by atoms with Crippen LogP contribution in [0.3, 0.4) is 0 Å². The zero-order valence-electron chi connectivity index (χ0n) is 16.1. The van der Waals surface area contributed by atoms with Gasteiger partial charge in [-0.1, -0.05) is 11.6 Å². The normalized spacial score (nSPS) is 15.5. The Kier molecular flexibility index (Phi) is 5.92. The lowest BCUT2D eigenvalue weighted by Gasteiger charge is -2.31. The van der Waals surface area contributed by atoms with E-state index in [4.69, 9.17) is 16.3 Å². The third-order valence-corrected chi connectivity index (χ3v) is 5.09. The second-order valence-electron chi connectivity index (χ2n) is 7.51. The number of halogens is 1. The molecule has 0 aliphatic carbocycles. The molecule has 1 heterocycles. The molecule has 5 nitrogen and oxygen atoms in total. The summed E-state index contributed by atoms with van der Waals surface area (Å²) in [4.78, 5) is 16.6. The Labute approximate surface area is 165 Å². The van der Waals surface area contributed by atoms with Gasteiger partial charge in [-0.2, -0.15) is 0 Å². The van der Waals surface area contributed by atoms with Gasteiger partial charge in [0.15, 0.2) is 5.60 Å². The molecule has 6 heteroatoms. The highest BCUT2D eigenvalue weighted by Gasteiger charge is 2.30. The second kappa shape index (κ2) is 8.19. The Hall–Kier alpha value is -2.24. The smallest absolute Gasteiger partial charge is 0.267 e. The van der Waals surface area contributed by atoms with E-state index in [2.05, 4.69) is 29.4 Å². The Bertz CT molecular complexity index is 767. The fraction of sp³-hybridized carbons (Fsp3) is 0.381. The van der Waals surface area contributed by atoms with E-state index in [9.17, 15) is 4.79 Å². The van der Waals surface area contributed by atoms with Gasteiger partial charge in [0, 0.05) is 16.4 Å². The largest absolute Gasteiger partial charge is 0.478 e. The van der Waals surface area contributed by atoms with Crippen LogP contribution in [0, 0.1) is 0 Å². The standard InChI is InChI=1S/C21H26ClN3O2/c1-21(2,27-19-10-4-16(22)5-11-19)20(26)23-17-6-8-18(9-7-17)25-14-12-24(3)13-15-25/h4-11H,12-15H2,1-3H3,(H,23,26)/p+1. The number of hydrogen-bond donors (Lipinski definition) is 2. The molecule has 2 aromatic rings. The van der Waals surface area contributed by atoms with E-state index in [-0.39, 0.29) is 5.91 Å². The van der Waals surface area contributed by atoms with E-state index in [1.165, 1.54) is 5.69 Å². The van der Waals surface area contributed by atoms with Crippen LogP contribution in [-0.2, 0) is 4.79 Å². The molecule has 2 N–H and O–H groups in total. The third-order valence-electron chi connectivity index (χ3n) is 4.84. The first-order valence-electron chi connectivity index (χ1n) is 9.26. The number of rotatable bonds is 5. The Morgan fingerprint density at radius 1 is 1.07 bits per heavy atom. The molecule has 1 saturated heterocycles. The van der Waals surface area contributed by atoms with E-state index in [1.807, 2.05) is 12.1 Å². The van der Waals surface area contributed by atoms with Crippen molar-refractivity contribution in [2.24, 2.45) is 0 Å². The van der Waals surface area contributed by atoms with E-state index >= 15 is 0 Å². The number of carbonyl (C=O) groups is 1. The minimum atomic E-state index is -1.01. The first kappa shape index (κ1) is 19.5. The van der Waals surface area contributed by atoms with Crippen LogP contribution in [0.4, 0.5) is 11.4 Å². The summed E-state index contributed by atoms with van der Waals surface area (Å²) in [6.07, 6.45) is 0. The van der Waals surface area contributed by atoms with Gasteiger partial charge < -0.3 is 19.9 Å². The molecule has 27 heavy (non-hydrogen) atoms. The highest BCUT2D eigenvalue weighted by atomic mass is 35.5. The lowest BCUT2D eigenvalue weighted by molar-refractivity contribution is -0.880. The highest BCUT2D eigenvalue weighted by molar-refractivity contribution is 6.30. The molecule has 1 aliphatic heterocycles. The molecule has 0 saturated carbocycles. The second-order valence-corrected chi connectivity index (χ2v) is 7.95. The van der Waals surface area contributed by atoms with Crippen molar-refractivity contribution >= 4 is 28.9 Å². The molecule has 0 bridgehead atoms. The van der Waals surface area contributed by atoms with Gasteiger partial charge in [0.05, 0.1) is 33.2 Å². The third kappa shape index (κ3) is 5.15. The Balaban J connectivity index is 1.60. The average Bonchev–Trinajstić information content (AvgIpc) is 2.65. The van der Waals surface area contributed by atoms with Crippen LogP contribution in [0.25, 0.3) is 0 Å². The molecule has 1 aliphatic rings. The molecule has 0 atom stereocenters. The summed E-state index contributed by atoms with van der Waals surface area (Å²) in [5.74, 6) is 0.403. The van der Waals surface area contributed by atoms with Crippen molar-refractivity contribution in [3.63, 3.8) is 0 Å². The van der Waals surface area contributed by atoms with Crippen molar-refractivity contribution in [1.82, 2.24) is 0 Å². The predicted octanol–water partition coefficient (Wildman–Crippen LogP) is 2.47. The Morgan fingerprint density at radius 2 is 1.67 bits per heavy atom. The van der Waals surface area contributed by atoms with E-state index in [1.54, 1.807) is 43.0 Å². The number of carbonyl (C=O) groups excluding carboxylic acids is 1. The van der Waals surface area contributed by atoms with Gasteiger partial charge in [0.1, 0.15) is 5.75 Å². The minimum absolute atomic E-state index is 0.201. The SMILES string of the molecule is C[NH+]1CCN(c2ccc(NC(=O)C(C)(C)Oc3ccc(Cl)cc3)cc2)CC1. The summed E-state index contributed by atoms with van der Waals surface area (Å²) in [5.41, 5.74) is 0.945. The summed E-state index contributed by atoms with van der Waals surface area (Å²) in [6.45, 7) is 7.90. The summed E-state index contributed by atoms with van der Waals surface area (Å²) in [7, 11) is 2.23. The summed E-state index contributed by atoms with van der Waals surface area (Å²) in [6, 6.07) is 15.0. The van der Waals surface area contributed by atoms with Gasteiger partial charge in [-0.05, 0) is 62.4 Å². The number of hydrogen-bond acceptors (Lipinski definition) is 3. The fourth-order valence-corrected chi connectivity index (χ4v) is 3.15. The van der Waals surface area contributed by atoms with Gasteiger partial charge >= 0.3 is 0 Å². The number of anilines is 2. The van der Waals surface area contributed by atoms with Crippen LogP contribution < -0.4 is 19.9 Å². The maximum Gasteiger partial charge on any atom is 0.267 e. The van der Waals surface area contributed by atoms with E-state index < -0.39 is 5.60 Å². The summed E-state index contributed by atoms with van der Waals surface area (Å²) in [5, 5.41) is 3.57. The minimum Gasteiger partial charge on any atom is -0.478 e. The first-order valence-corrected chi connectivity index (χ1v) is 9.64. The van der Waals surface area contributed by atoms with Crippen LogP contribution in [0.1, 0.15) is 13.8 Å². The zero-order chi connectivity index (χ0) is 19.4. The van der Waals surface area contributed by atoms with Gasteiger partial charge in [0.25, 0.3) is 5.91 Å². The number of amides is 1. The summed E-state index contributed by atoms with van der Waals surface area (Å²) >= 11 is 5.89. The molecule has 2 aromatic carbocycles. The fourth-order valence-electron chi connectivity index (χ4n) is 3.03. The van der Waals surface area contributed by atoms with Crippen molar-refractivity contribution in [2.45, 2.75) is 19.4 Å². The molecule has 144 valence electrons. The molecule has 1 fully saturated rings. The molecular weight excluding hydrogens is 362 g/mol. The quantitative estimate of drug-likeness (QED) is 0.827. The van der Waals surface area contributed by atoms with Gasteiger partial charge in [-0.25, -0.2) is 0 Å². The average molecular weight is 389 g/mol. The van der Waals surface area contributed by atoms with Gasteiger partial charge in [0.2, 0.25) is 0 Å². The van der Waals surface area contributed by atoms with Crippen molar-refractivity contribution in [3.05, 3.63) is 53.6 Å². The molecule has 0 unspecified atom stereocenters. The van der Waals surface area contributed by atoms with Crippen LogP contribution in [0.5, 0.6) is 5.75 Å². The Morgan fingerprint density at radius 3 is 2.26 bits per heavy atom. The highest BCUT2D eigenvalue weighted by Crippen LogP contribution is 2.23. The van der Waals surface area contributed by atoms with Crippen LogP contribution in [-0.4, -0.2) is 44.7 Å². The predicted molar refractivity (Wildman–Crippen MR) is 110 cm³/mol. The lowest BCUT2D eigenvalue weighted by atomic mass is 10.1. The zero-order valence-corrected chi connectivity index (χ0v) is 16.8. The number of nitrogens with zero attached hydrogens (tertiary/aromatic N) is 1. The molecule has 1 amide bonds. The van der Waals surface area contributed by atoms with Crippen LogP contribution >= 0.6 is 11.6 Å². The van der Waals surface area contributed by atoms with Gasteiger partial charge in [-0.3, -0.25) is 4.79 Å². The summed E-state index contributed by atoms with van der Waals surface area (Å²) < 4.78 is 5.84. The number of ether oxygens (including phenoxy) is 1. The molecule has 3 rings (SSSR count). The number of piperazine rings is 1. The molecule has 0 spiro atoms. The lowest BCUT2D eigenvalue weighted by Crippen LogP contribution is -3.12. The number of benzene rings is 2. The molecule has 0 aromatic heterocycles.